The van der Waals surface area contributed by atoms with E-state index in [-0.39, 0.29) is 0 Å². The van der Waals surface area contributed by atoms with Crippen LogP contribution in [0.5, 0.6) is 0 Å². The molecular weight excluding hydrogens is 158 g/mol. The highest BCUT2D eigenvalue weighted by atomic mass is 14.6. The van der Waals surface area contributed by atoms with Gasteiger partial charge in [0, 0.05) is 6.04 Å². The van der Waals surface area contributed by atoms with Crippen LogP contribution < -0.4 is 5.73 Å². The summed E-state index contributed by atoms with van der Waals surface area (Å²) in [6.07, 6.45) is 1.09. The van der Waals surface area contributed by atoms with E-state index in [1.807, 2.05) is 0 Å². The van der Waals surface area contributed by atoms with Crippen molar-refractivity contribution in [1.29, 1.82) is 0 Å². The lowest BCUT2D eigenvalue weighted by molar-refractivity contribution is 0.197. The summed E-state index contributed by atoms with van der Waals surface area (Å²) < 4.78 is 0. The smallest absolute Gasteiger partial charge is 0.00645 e. The molecule has 0 bridgehead atoms. The van der Waals surface area contributed by atoms with E-state index < -0.39 is 0 Å². The minimum Gasteiger partial charge on any atom is -0.327 e. The van der Waals surface area contributed by atoms with Crippen LogP contribution in [0.2, 0.25) is 0 Å². The predicted molar refractivity (Wildman–Crippen MR) is 60.6 cm³/mol. The van der Waals surface area contributed by atoms with Crippen molar-refractivity contribution in [2.24, 2.45) is 29.4 Å². The summed E-state index contributed by atoms with van der Waals surface area (Å²) in [5.41, 5.74) is 6.06. The fraction of sp³-hybridized carbons (Fsp3) is 1.00. The second kappa shape index (κ2) is 5.64. The first-order valence-electron chi connectivity index (χ1n) is 5.67. The molecule has 80 valence electrons. The normalized spacial score (nSPS) is 21.2. The summed E-state index contributed by atoms with van der Waals surface area (Å²) in [6.45, 7) is 13.7. The molecule has 0 aromatic rings. The highest BCUT2D eigenvalue weighted by Crippen LogP contribution is 2.28. The van der Waals surface area contributed by atoms with Gasteiger partial charge in [0.05, 0.1) is 0 Å². The third-order valence-corrected chi connectivity index (χ3v) is 3.86. The van der Waals surface area contributed by atoms with E-state index in [1.165, 1.54) is 0 Å². The van der Waals surface area contributed by atoms with Crippen molar-refractivity contribution in [3.63, 3.8) is 0 Å². The Morgan fingerprint density at radius 1 is 0.846 bits per heavy atom. The van der Waals surface area contributed by atoms with Gasteiger partial charge in [-0.1, -0.05) is 41.5 Å². The van der Waals surface area contributed by atoms with Gasteiger partial charge in [0.1, 0.15) is 0 Å². The Morgan fingerprint density at radius 2 is 1.31 bits per heavy atom. The lowest BCUT2D eigenvalue weighted by Gasteiger charge is -2.32. The predicted octanol–water partition coefficient (Wildman–Crippen LogP) is 3.29. The molecule has 0 rings (SSSR count). The zero-order valence-electron chi connectivity index (χ0n) is 10.2. The fourth-order valence-electron chi connectivity index (χ4n) is 1.85. The molecule has 2 N–H and O–H groups in total. The monoisotopic (exact) mass is 185 g/mol. The van der Waals surface area contributed by atoms with Gasteiger partial charge in [0.15, 0.2) is 0 Å². The van der Waals surface area contributed by atoms with E-state index in [4.69, 9.17) is 5.73 Å². The van der Waals surface area contributed by atoms with Crippen LogP contribution in [0.4, 0.5) is 0 Å². The third-order valence-electron chi connectivity index (χ3n) is 3.86. The van der Waals surface area contributed by atoms with Crippen molar-refractivity contribution in [3.05, 3.63) is 0 Å². The van der Waals surface area contributed by atoms with Crippen LogP contribution in [0.15, 0.2) is 0 Å². The fourth-order valence-corrected chi connectivity index (χ4v) is 1.85. The summed E-state index contributed by atoms with van der Waals surface area (Å²) in [5.74, 6) is 2.91. The molecular formula is C12H27N. The van der Waals surface area contributed by atoms with Crippen LogP contribution in [0.1, 0.15) is 48.0 Å². The minimum absolute atomic E-state index is 0.371. The van der Waals surface area contributed by atoms with Gasteiger partial charge in [-0.2, -0.15) is 0 Å². The molecule has 0 aromatic heterocycles. The largest absolute Gasteiger partial charge is 0.327 e. The van der Waals surface area contributed by atoms with Gasteiger partial charge in [-0.25, -0.2) is 0 Å². The van der Waals surface area contributed by atoms with Crippen molar-refractivity contribution in [2.75, 3.05) is 0 Å². The van der Waals surface area contributed by atoms with Gasteiger partial charge >= 0.3 is 0 Å². The van der Waals surface area contributed by atoms with Crippen LogP contribution in [0.25, 0.3) is 0 Å². The molecule has 4 atom stereocenters. The molecule has 4 unspecified atom stereocenters. The van der Waals surface area contributed by atoms with E-state index in [9.17, 15) is 0 Å². The summed E-state index contributed by atoms with van der Waals surface area (Å²) in [4.78, 5) is 0. The number of nitrogens with two attached hydrogens (primary N) is 1. The second-order valence-corrected chi connectivity index (χ2v) is 4.89. The molecule has 0 aliphatic carbocycles. The van der Waals surface area contributed by atoms with Crippen LogP contribution >= 0.6 is 0 Å². The second-order valence-electron chi connectivity index (χ2n) is 4.89. The van der Waals surface area contributed by atoms with Gasteiger partial charge in [-0.05, 0) is 30.1 Å². The van der Waals surface area contributed by atoms with E-state index in [0.29, 0.717) is 12.0 Å². The number of hydrogen-bond donors (Lipinski definition) is 1. The molecule has 0 heterocycles. The molecule has 0 radical (unpaired) electrons. The first-order chi connectivity index (χ1) is 5.91. The molecule has 0 spiro atoms. The Balaban J connectivity index is 4.15. The van der Waals surface area contributed by atoms with Crippen molar-refractivity contribution >= 4 is 0 Å². The first kappa shape index (κ1) is 13.0. The van der Waals surface area contributed by atoms with E-state index >= 15 is 0 Å². The topological polar surface area (TPSA) is 26.0 Å². The molecule has 1 nitrogen and oxygen atoms in total. The molecule has 0 fully saturated rings. The standard InChI is InChI=1S/C12H27N/c1-7-12(13)11(6)10(5)9(4)8(2)3/h8-12H,7,13H2,1-6H3. The van der Waals surface area contributed by atoms with E-state index in [2.05, 4.69) is 41.5 Å². The minimum atomic E-state index is 0.371. The average Bonchev–Trinajstić information content (AvgIpc) is 2.12. The zero-order chi connectivity index (χ0) is 10.6. The van der Waals surface area contributed by atoms with Crippen LogP contribution in [0.3, 0.4) is 0 Å². The molecule has 0 saturated carbocycles. The lowest BCUT2D eigenvalue weighted by Crippen LogP contribution is -2.35. The SMILES string of the molecule is CCC(N)C(C)C(C)C(C)C(C)C. The highest BCUT2D eigenvalue weighted by molar-refractivity contribution is 4.77. The summed E-state index contributed by atoms with van der Waals surface area (Å²) in [6, 6.07) is 0.371. The summed E-state index contributed by atoms with van der Waals surface area (Å²) in [7, 11) is 0. The molecule has 0 aliphatic heterocycles. The Hall–Kier alpha value is -0.0400. The Bertz CT molecular complexity index is 131. The molecule has 0 aliphatic rings. The van der Waals surface area contributed by atoms with Crippen molar-refractivity contribution in [1.82, 2.24) is 0 Å². The lowest BCUT2D eigenvalue weighted by atomic mass is 9.76. The number of rotatable bonds is 5. The Morgan fingerprint density at radius 3 is 1.62 bits per heavy atom. The molecule has 0 aromatic carbocycles. The molecule has 13 heavy (non-hydrogen) atoms. The van der Waals surface area contributed by atoms with Crippen molar-refractivity contribution in [2.45, 2.75) is 54.0 Å². The maximum Gasteiger partial charge on any atom is 0.00645 e. The Kier molecular flexibility index (Phi) is 5.62. The van der Waals surface area contributed by atoms with Crippen molar-refractivity contribution in [3.8, 4) is 0 Å². The van der Waals surface area contributed by atoms with Gasteiger partial charge in [-0.3, -0.25) is 0 Å². The zero-order valence-corrected chi connectivity index (χ0v) is 10.2. The van der Waals surface area contributed by atoms with Gasteiger partial charge in [-0.15, -0.1) is 0 Å². The van der Waals surface area contributed by atoms with Crippen LogP contribution in [-0.2, 0) is 0 Å². The van der Waals surface area contributed by atoms with Gasteiger partial charge in [0.2, 0.25) is 0 Å². The van der Waals surface area contributed by atoms with Crippen LogP contribution in [-0.4, -0.2) is 6.04 Å². The molecule has 1 heteroatoms. The van der Waals surface area contributed by atoms with Gasteiger partial charge in [0.25, 0.3) is 0 Å². The maximum absolute atomic E-state index is 6.06. The van der Waals surface area contributed by atoms with Gasteiger partial charge < -0.3 is 5.73 Å². The third kappa shape index (κ3) is 3.68. The summed E-state index contributed by atoms with van der Waals surface area (Å²) in [5, 5.41) is 0. The molecule has 0 amide bonds. The maximum atomic E-state index is 6.06. The van der Waals surface area contributed by atoms with Crippen LogP contribution in [0, 0.1) is 23.7 Å². The quantitative estimate of drug-likeness (QED) is 0.699. The molecule has 0 saturated heterocycles. The van der Waals surface area contributed by atoms with E-state index in [1.54, 1.807) is 0 Å². The Labute approximate surface area is 84.1 Å². The van der Waals surface area contributed by atoms with E-state index in [0.717, 1.165) is 24.2 Å². The highest BCUT2D eigenvalue weighted by Gasteiger charge is 2.24. The first-order valence-corrected chi connectivity index (χ1v) is 5.67. The summed E-state index contributed by atoms with van der Waals surface area (Å²) >= 11 is 0. The van der Waals surface area contributed by atoms with Crippen molar-refractivity contribution < 1.29 is 0 Å². The average molecular weight is 185 g/mol. The number of hydrogen-bond acceptors (Lipinski definition) is 1.